The molecule has 0 aliphatic carbocycles. The fourth-order valence-electron chi connectivity index (χ4n) is 1.59. The topological polar surface area (TPSA) is 66.7 Å². The summed E-state index contributed by atoms with van der Waals surface area (Å²) >= 11 is 0. The van der Waals surface area contributed by atoms with E-state index in [1.54, 1.807) is 24.3 Å². The minimum Gasteiger partial charge on any atom is -0.466 e. The predicted molar refractivity (Wildman–Crippen MR) is 56.6 cm³/mol. The van der Waals surface area contributed by atoms with E-state index in [2.05, 4.69) is 0 Å². The molecule has 2 aromatic rings. The van der Waals surface area contributed by atoms with Crippen LogP contribution in [-0.2, 0) is 11.2 Å². The lowest BCUT2D eigenvalue weighted by molar-refractivity contribution is -0.162. The van der Waals surface area contributed by atoms with Crippen molar-refractivity contribution in [1.82, 2.24) is 0 Å². The number of hydrogen-bond acceptors (Lipinski definition) is 4. The van der Waals surface area contributed by atoms with Crippen LogP contribution < -0.4 is 0 Å². The first kappa shape index (κ1) is 11.0. The zero-order valence-electron chi connectivity index (χ0n) is 9.18. The van der Waals surface area contributed by atoms with Crippen LogP contribution in [0.25, 0.3) is 0 Å². The van der Waals surface area contributed by atoms with Gasteiger partial charge >= 0.3 is 0 Å². The molecular weight excluding hydrogens is 208 g/mol. The highest BCUT2D eigenvalue weighted by molar-refractivity contribution is 5.21. The van der Waals surface area contributed by atoms with Crippen molar-refractivity contribution >= 4 is 0 Å². The zero-order valence-corrected chi connectivity index (χ0v) is 9.18. The maximum absolute atomic E-state index is 10.4. The van der Waals surface area contributed by atoms with Crippen molar-refractivity contribution < 1.29 is 19.0 Å². The molecule has 2 heterocycles. The van der Waals surface area contributed by atoms with E-state index in [1.165, 1.54) is 26.4 Å². The second-order valence-electron chi connectivity index (χ2n) is 4.10. The molecule has 0 unspecified atom stereocenters. The third-order valence-electron chi connectivity index (χ3n) is 2.95. The average molecular weight is 222 g/mol. The van der Waals surface area contributed by atoms with E-state index in [0.29, 0.717) is 0 Å². The summed E-state index contributed by atoms with van der Waals surface area (Å²) in [7, 11) is 0. The van der Waals surface area contributed by atoms with Crippen LogP contribution in [0.3, 0.4) is 0 Å². The molecule has 0 amide bonds. The largest absolute Gasteiger partial charge is 0.466 e. The van der Waals surface area contributed by atoms with Gasteiger partial charge in [-0.1, -0.05) is 0 Å². The van der Waals surface area contributed by atoms with Gasteiger partial charge in [-0.15, -0.1) is 0 Å². The van der Waals surface area contributed by atoms with Gasteiger partial charge in [0.1, 0.15) is 11.5 Å². The van der Waals surface area contributed by atoms with Crippen molar-refractivity contribution in [2.24, 2.45) is 0 Å². The zero-order chi connectivity index (χ0) is 11.8. The smallest absolute Gasteiger partial charge is 0.155 e. The second kappa shape index (κ2) is 3.50. The van der Waals surface area contributed by atoms with Crippen molar-refractivity contribution in [3.63, 3.8) is 0 Å². The fourth-order valence-corrected chi connectivity index (χ4v) is 1.59. The van der Waals surface area contributed by atoms with E-state index in [-0.39, 0.29) is 11.5 Å². The highest BCUT2D eigenvalue weighted by Gasteiger charge is 2.48. The summed E-state index contributed by atoms with van der Waals surface area (Å²) in [6.45, 7) is 2.96. The van der Waals surface area contributed by atoms with Gasteiger partial charge in [0.15, 0.2) is 11.2 Å². The molecule has 0 saturated heterocycles. The van der Waals surface area contributed by atoms with E-state index in [9.17, 15) is 10.2 Å². The van der Waals surface area contributed by atoms with Crippen LogP contribution in [0, 0.1) is 0 Å². The van der Waals surface area contributed by atoms with Crippen molar-refractivity contribution in [2.75, 3.05) is 0 Å². The Kier molecular flexibility index (Phi) is 2.40. The highest BCUT2D eigenvalue weighted by atomic mass is 16.4. The Morgan fingerprint density at radius 1 is 0.875 bits per heavy atom. The maximum atomic E-state index is 10.4. The monoisotopic (exact) mass is 222 g/mol. The first-order chi connectivity index (χ1) is 7.46. The van der Waals surface area contributed by atoms with Crippen LogP contribution in [0.15, 0.2) is 45.6 Å². The van der Waals surface area contributed by atoms with Gasteiger partial charge in [-0.3, -0.25) is 0 Å². The summed E-state index contributed by atoms with van der Waals surface area (Å²) in [6, 6.07) is 6.53. The highest BCUT2D eigenvalue weighted by Crippen LogP contribution is 2.40. The molecule has 0 aliphatic heterocycles. The maximum Gasteiger partial charge on any atom is 0.155 e. The molecule has 2 N–H and O–H groups in total. The quantitative estimate of drug-likeness (QED) is 0.833. The molecule has 0 spiro atoms. The number of rotatable bonds is 3. The van der Waals surface area contributed by atoms with Crippen molar-refractivity contribution in [2.45, 2.75) is 25.0 Å². The molecule has 0 bridgehead atoms. The van der Waals surface area contributed by atoms with Crippen molar-refractivity contribution in [1.29, 1.82) is 0 Å². The lowest BCUT2D eigenvalue weighted by Crippen LogP contribution is -2.44. The lowest BCUT2D eigenvalue weighted by atomic mass is 9.82. The number of hydrogen-bond donors (Lipinski definition) is 2. The van der Waals surface area contributed by atoms with Crippen LogP contribution in [0.5, 0.6) is 0 Å². The summed E-state index contributed by atoms with van der Waals surface area (Å²) in [5.41, 5.74) is -3.12. The molecule has 4 nitrogen and oxygen atoms in total. The SMILES string of the molecule is C[C@](O)(c1ccco1)[C@@](C)(O)c1ccco1. The summed E-state index contributed by atoms with van der Waals surface area (Å²) in [5, 5.41) is 20.7. The Balaban J connectivity index is 2.44. The van der Waals surface area contributed by atoms with Crippen LogP contribution >= 0.6 is 0 Å². The molecule has 0 aromatic carbocycles. The van der Waals surface area contributed by atoms with Crippen LogP contribution in [0.4, 0.5) is 0 Å². The third kappa shape index (κ3) is 1.47. The molecule has 0 radical (unpaired) electrons. The summed E-state index contributed by atoms with van der Waals surface area (Å²) in [4.78, 5) is 0. The Labute approximate surface area is 93.1 Å². The summed E-state index contributed by atoms with van der Waals surface area (Å²) in [5.74, 6) is 0.572. The number of furan rings is 2. The van der Waals surface area contributed by atoms with E-state index in [4.69, 9.17) is 8.83 Å². The molecule has 2 rings (SSSR count). The standard InChI is InChI=1S/C12H14O4/c1-11(13,9-5-3-7-15-9)12(2,14)10-6-4-8-16-10/h3-8,13-14H,1-2H3/t11-,12-/m0/s1. The summed E-state index contributed by atoms with van der Waals surface area (Å²) in [6.07, 6.45) is 2.89. The van der Waals surface area contributed by atoms with Crippen molar-refractivity contribution in [3.8, 4) is 0 Å². The molecule has 16 heavy (non-hydrogen) atoms. The average Bonchev–Trinajstić information content (AvgIpc) is 2.91. The Bertz CT molecular complexity index is 393. The van der Waals surface area contributed by atoms with Gasteiger partial charge in [-0.2, -0.15) is 0 Å². The van der Waals surface area contributed by atoms with Crippen LogP contribution in [-0.4, -0.2) is 10.2 Å². The lowest BCUT2D eigenvalue weighted by Gasteiger charge is -2.35. The van der Waals surface area contributed by atoms with Crippen molar-refractivity contribution in [3.05, 3.63) is 48.3 Å². The summed E-state index contributed by atoms with van der Waals surface area (Å²) < 4.78 is 10.3. The molecule has 86 valence electrons. The molecular formula is C12H14O4. The Morgan fingerprint density at radius 3 is 1.50 bits per heavy atom. The Morgan fingerprint density at radius 2 is 1.25 bits per heavy atom. The molecule has 0 saturated carbocycles. The minimum atomic E-state index is -1.56. The van der Waals surface area contributed by atoms with E-state index in [1.807, 2.05) is 0 Å². The van der Waals surface area contributed by atoms with Gasteiger partial charge in [-0.25, -0.2) is 0 Å². The van der Waals surface area contributed by atoms with Gasteiger partial charge < -0.3 is 19.0 Å². The second-order valence-corrected chi connectivity index (χ2v) is 4.10. The van der Waals surface area contributed by atoms with Gasteiger partial charge in [-0.05, 0) is 38.1 Å². The van der Waals surface area contributed by atoms with E-state index < -0.39 is 11.2 Å². The first-order valence-electron chi connectivity index (χ1n) is 4.99. The molecule has 2 atom stereocenters. The fraction of sp³-hybridized carbons (Fsp3) is 0.333. The van der Waals surface area contributed by atoms with Crippen LogP contribution in [0.1, 0.15) is 25.4 Å². The molecule has 4 heteroatoms. The van der Waals surface area contributed by atoms with E-state index in [0.717, 1.165) is 0 Å². The third-order valence-corrected chi connectivity index (χ3v) is 2.95. The molecule has 2 aromatic heterocycles. The van der Waals surface area contributed by atoms with Gasteiger partial charge in [0, 0.05) is 0 Å². The molecule has 0 fully saturated rings. The van der Waals surface area contributed by atoms with Gasteiger partial charge in [0.05, 0.1) is 12.5 Å². The Hall–Kier alpha value is -1.52. The predicted octanol–water partition coefficient (Wildman–Crippen LogP) is 1.99. The van der Waals surface area contributed by atoms with Gasteiger partial charge in [0.25, 0.3) is 0 Å². The first-order valence-corrected chi connectivity index (χ1v) is 4.99. The number of aliphatic hydroxyl groups is 2. The normalized spacial score (nSPS) is 19.0. The molecule has 0 aliphatic rings. The van der Waals surface area contributed by atoms with Crippen LogP contribution in [0.2, 0.25) is 0 Å². The van der Waals surface area contributed by atoms with Gasteiger partial charge in [0.2, 0.25) is 0 Å². The van der Waals surface area contributed by atoms with E-state index >= 15 is 0 Å². The minimum absolute atomic E-state index is 0.286.